The van der Waals surface area contributed by atoms with E-state index in [0.717, 1.165) is 0 Å². The first-order valence-electron chi connectivity index (χ1n) is 10.4. The second-order valence-electron chi connectivity index (χ2n) is 7.97. The van der Waals surface area contributed by atoms with Gasteiger partial charge in [-0.3, -0.25) is 14.5 Å². The summed E-state index contributed by atoms with van der Waals surface area (Å²) in [5.41, 5.74) is 7.96. The highest BCUT2D eigenvalue weighted by Gasteiger charge is 2.26. The van der Waals surface area contributed by atoms with Gasteiger partial charge >= 0.3 is 0 Å². The number of hydrogen-bond acceptors (Lipinski definition) is 6. The van der Waals surface area contributed by atoms with E-state index in [9.17, 15) is 10.1 Å². The number of aromatic nitrogens is 5. The van der Waals surface area contributed by atoms with Crippen LogP contribution in [0.4, 0.5) is 4.39 Å². The van der Waals surface area contributed by atoms with Gasteiger partial charge in [0.1, 0.15) is 11.9 Å². The Morgan fingerprint density at radius 2 is 2.00 bits per heavy atom. The monoisotopic (exact) mass is 507 g/mol. The normalized spacial score (nSPS) is 11.3. The summed E-state index contributed by atoms with van der Waals surface area (Å²) < 4.78 is 17.4. The summed E-state index contributed by atoms with van der Waals surface area (Å²) in [5, 5.41) is 22.5. The van der Waals surface area contributed by atoms with Crippen LogP contribution in [-0.4, -0.2) is 25.0 Å². The number of hydrogen-bond donors (Lipinski definition) is 2. The maximum absolute atomic E-state index is 15.9. The zero-order valence-corrected chi connectivity index (χ0v) is 20.0. The fraction of sp³-hybridized carbons (Fsp3) is 0.125. The number of nitrogens with two attached hydrogens (primary N) is 1. The highest BCUT2D eigenvalue weighted by Crippen LogP contribution is 2.41. The summed E-state index contributed by atoms with van der Waals surface area (Å²) in [6.45, 7) is 1.67. The third-order valence-electron chi connectivity index (χ3n) is 6.01. The van der Waals surface area contributed by atoms with Crippen LogP contribution in [0.2, 0.25) is 10.0 Å². The molecule has 0 radical (unpaired) electrons. The summed E-state index contributed by atoms with van der Waals surface area (Å²) in [4.78, 5) is 16.7. The minimum absolute atomic E-state index is 0.0530. The molecule has 0 unspecified atom stereocenters. The van der Waals surface area contributed by atoms with E-state index in [0.29, 0.717) is 49.4 Å². The third kappa shape index (κ3) is 3.46. The van der Waals surface area contributed by atoms with E-state index in [4.69, 9.17) is 28.9 Å². The van der Waals surface area contributed by atoms with E-state index >= 15 is 4.39 Å². The van der Waals surface area contributed by atoms with Gasteiger partial charge < -0.3 is 5.73 Å². The molecule has 0 amide bonds. The Balaban J connectivity index is 1.87. The van der Waals surface area contributed by atoms with Crippen molar-refractivity contribution in [2.75, 3.05) is 0 Å². The third-order valence-corrected chi connectivity index (χ3v) is 6.51. The molecule has 3 heterocycles. The lowest BCUT2D eigenvalue weighted by atomic mass is 9.92. The highest BCUT2D eigenvalue weighted by molar-refractivity contribution is 6.36. The van der Waals surface area contributed by atoms with Crippen molar-refractivity contribution in [3.05, 3.63) is 73.6 Å². The lowest BCUT2D eigenvalue weighted by Crippen LogP contribution is -2.13. The average molecular weight is 508 g/mol. The first kappa shape index (κ1) is 22.9. The quantitative estimate of drug-likeness (QED) is 0.366. The summed E-state index contributed by atoms with van der Waals surface area (Å²) >= 11 is 12.6. The zero-order chi connectivity index (χ0) is 25.0. The van der Waals surface area contributed by atoms with Crippen LogP contribution >= 0.6 is 23.2 Å². The molecular weight excluding hydrogens is 492 g/mol. The van der Waals surface area contributed by atoms with Crippen molar-refractivity contribution < 1.29 is 4.39 Å². The number of aryl methyl sites for hydroxylation is 2. The van der Waals surface area contributed by atoms with Crippen molar-refractivity contribution in [1.29, 1.82) is 5.26 Å². The number of nitriles is 1. The van der Waals surface area contributed by atoms with Crippen molar-refractivity contribution in [1.82, 2.24) is 25.0 Å². The molecule has 0 saturated carbocycles. The minimum atomic E-state index is -0.587. The fourth-order valence-electron chi connectivity index (χ4n) is 4.35. The van der Waals surface area contributed by atoms with Crippen LogP contribution in [0.3, 0.4) is 0 Å². The molecule has 174 valence electrons. The van der Waals surface area contributed by atoms with Crippen molar-refractivity contribution in [2.24, 2.45) is 12.8 Å². The average Bonchev–Trinajstić information content (AvgIpc) is 3.22. The van der Waals surface area contributed by atoms with Gasteiger partial charge in [0.25, 0.3) is 5.56 Å². The number of aromatic amines is 1. The molecule has 0 atom stereocenters. The van der Waals surface area contributed by atoms with Gasteiger partial charge in [0, 0.05) is 36.1 Å². The van der Waals surface area contributed by atoms with E-state index in [1.54, 1.807) is 38.4 Å². The van der Waals surface area contributed by atoms with Crippen LogP contribution in [0.25, 0.3) is 44.1 Å². The van der Waals surface area contributed by atoms with E-state index in [1.807, 2.05) is 0 Å². The SMILES string of the molecule is Cc1c(F)c(-c2c(-c3cc(Cl)c4c(=O)[nH]nc(CN)c4c3)cnn2C)c(C#N)c2ncc(Cl)cc12. The second kappa shape index (κ2) is 8.43. The van der Waals surface area contributed by atoms with Crippen molar-refractivity contribution in [3.63, 3.8) is 0 Å². The number of nitrogens with one attached hydrogen (secondary N) is 1. The molecule has 3 aromatic heterocycles. The molecule has 2 aromatic carbocycles. The van der Waals surface area contributed by atoms with Crippen LogP contribution < -0.4 is 11.3 Å². The smallest absolute Gasteiger partial charge is 0.273 e. The zero-order valence-electron chi connectivity index (χ0n) is 18.4. The van der Waals surface area contributed by atoms with E-state index in [2.05, 4.69) is 26.3 Å². The van der Waals surface area contributed by atoms with Crippen molar-refractivity contribution in [3.8, 4) is 28.5 Å². The molecule has 0 aliphatic heterocycles. The van der Waals surface area contributed by atoms with Crippen LogP contribution in [0.15, 0.2) is 35.4 Å². The second-order valence-corrected chi connectivity index (χ2v) is 8.81. The minimum Gasteiger partial charge on any atom is -0.325 e. The molecule has 0 fully saturated rings. The lowest BCUT2D eigenvalue weighted by Gasteiger charge is -2.15. The maximum Gasteiger partial charge on any atom is 0.273 e. The van der Waals surface area contributed by atoms with Gasteiger partial charge in [-0.15, -0.1) is 0 Å². The molecule has 8 nitrogen and oxygen atoms in total. The molecule has 5 rings (SSSR count). The topological polar surface area (TPSA) is 126 Å². The summed E-state index contributed by atoms with van der Waals surface area (Å²) in [7, 11) is 1.65. The van der Waals surface area contributed by atoms with Crippen LogP contribution in [0.5, 0.6) is 0 Å². The summed E-state index contributed by atoms with van der Waals surface area (Å²) in [5.74, 6) is -0.587. The van der Waals surface area contributed by atoms with Crippen LogP contribution in [-0.2, 0) is 13.6 Å². The van der Waals surface area contributed by atoms with Gasteiger partial charge in [-0.2, -0.15) is 15.5 Å². The van der Waals surface area contributed by atoms with Gasteiger partial charge in [0.05, 0.1) is 49.7 Å². The molecule has 0 bridgehead atoms. The van der Waals surface area contributed by atoms with Crippen molar-refractivity contribution >= 4 is 44.9 Å². The van der Waals surface area contributed by atoms with E-state index in [-0.39, 0.29) is 28.1 Å². The Hall–Kier alpha value is -3.84. The lowest BCUT2D eigenvalue weighted by molar-refractivity contribution is 0.621. The van der Waals surface area contributed by atoms with Gasteiger partial charge in [0.2, 0.25) is 0 Å². The molecule has 11 heteroatoms. The van der Waals surface area contributed by atoms with Crippen LogP contribution in [0.1, 0.15) is 16.8 Å². The summed E-state index contributed by atoms with van der Waals surface area (Å²) in [6.07, 6.45) is 2.96. The van der Waals surface area contributed by atoms with Gasteiger partial charge in [-0.1, -0.05) is 23.2 Å². The van der Waals surface area contributed by atoms with Gasteiger partial charge in [0.15, 0.2) is 0 Å². The number of nitrogens with zero attached hydrogens (tertiary/aromatic N) is 5. The number of halogens is 3. The number of H-pyrrole nitrogens is 1. The molecule has 0 aliphatic rings. The van der Waals surface area contributed by atoms with Gasteiger partial charge in [-0.05, 0) is 36.2 Å². The molecule has 35 heavy (non-hydrogen) atoms. The molecular formula is C24H16Cl2FN7O. The Bertz CT molecular complexity index is 1790. The standard InChI is InChI=1S/C24H16Cl2FN7O/c1-10-13-5-12(25)8-30-22(13)15(6-28)20(21(10)27)23-16(9-31-34(23)2)11-3-14-18(7-29)32-33-24(35)19(14)17(26)4-11/h3-5,8-9H,7,29H2,1-2H3,(H,33,35). The number of pyridine rings is 1. The maximum atomic E-state index is 15.9. The van der Waals surface area contributed by atoms with Crippen molar-refractivity contribution in [2.45, 2.75) is 13.5 Å². The largest absolute Gasteiger partial charge is 0.325 e. The van der Waals surface area contributed by atoms with E-state index in [1.165, 1.54) is 10.9 Å². The van der Waals surface area contributed by atoms with Crippen LogP contribution in [0, 0.1) is 24.1 Å². The number of rotatable bonds is 3. The fourth-order valence-corrected chi connectivity index (χ4v) is 4.81. The summed E-state index contributed by atoms with van der Waals surface area (Å²) in [6, 6.07) is 6.99. The molecule has 0 saturated heterocycles. The van der Waals surface area contributed by atoms with E-state index < -0.39 is 11.4 Å². The Kier molecular flexibility index (Phi) is 5.52. The first-order chi connectivity index (χ1) is 16.8. The Labute approximate surface area is 207 Å². The predicted octanol–water partition coefficient (Wildman–Crippen LogP) is 4.62. The Morgan fingerprint density at radius 1 is 1.23 bits per heavy atom. The molecule has 5 aromatic rings. The molecule has 3 N–H and O–H groups in total. The molecule has 0 spiro atoms. The molecule has 0 aliphatic carbocycles. The first-order valence-corrected chi connectivity index (χ1v) is 11.1. The predicted molar refractivity (Wildman–Crippen MR) is 133 cm³/mol. The number of benzene rings is 2. The van der Waals surface area contributed by atoms with Gasteiger partial charge in [-0.25, -0.2) is 9.49 Å². The highest BCUT2D eigenvalue weighted by atomic mass is 35.5. The Morgan fingerprint density at radius 3 is 2.71 bits per heavy atom. The number of fused-ring (bicyclic) bond motifs is 2.